The minimum absolute atomic E-state index is 1.04. The molecule has 0 radical (unpaired) electrons. The third-order valence-corrected chi connectivity index (χ3v) is 2.15. The predicted octanol–water partition coefficient (Wildman–Crippen LogP) is 2.25. The monoisotopic (exact) mass is 164 g/mol. The van der Waals surface area contributed by atoms with Gasteiger partial charge in [-0.2, -0.15) is 0 Å². The first-order chi connectivity index (χ1) is 5.75. The Bertz CT molecular complexity index is 247. The molecule has 66 valence electrons. The van der Waals surface area contributed by atoms with Crippen LogP contribution in [0.2, 0.25) is 0 Å². The van der Waals surface area contributed by atoms with Gasteiger partial charge in [0.15, 0.2) is 0 Å². The average molecular weight is 164 g/mol. The summed E-state index contributed by atoms with van der Waals surface area (Å²) in [6.07, 6.45) is 6.33. The van der Waals surface area contributed by atoms with Crippen molar-refractivity contribution in [3.8, 4) is 0 Å². The Morgan fingerprint density at radius 2 is 2.08 bits per heavy atom. The highest BCUT2D eigenvalue weighted by atomic mass is 14.8. The van der Waals surface area contributed by atoms with E-state index in [0.717, 1.165) is 18.5 Å². The average Bonchev–Trinajstić information content (AvgIpc) is 2.07. The van der Waals surface area contributed by atoms with Gasteiger partial charge in [-0.25, -0.2) is 0 Å². The minimum atomic E-state index is 1.04. The lowest BCUT2D eigenvalue weighted by atomic mass is 10.1. The predicted molar refractivity (Wildman–Crippen MR) is 53.2 cm³/mol. The molecule has 0 aliphatic carbocycles. The highest BCUT2D eigenvalue weighted by Crippen LogP contribution is 2.15. The van der Waals surface area contributed by atoms with Crippen LogP contribution in [0, 0.1) is 0 Å². The molecule has 0 fully saturated rings. The molecule has 0 spiro atoms. The standard InChI is InChI=1S/C10H16N2/c1-8-9(2)12-7-5-4-6-10(8)11-3/h6-7,11H,4-5H2,1-3H3/b9-8-,10-6+,12-7+. The first-order valence-electron chi connectivity index (χ1n) is 4.34. The topological polar surface area (TPSA) is 24.4 Å². The summed E-state index contributed by atoms with van der Waals surface area (Å²) in [5, 5.41) is 3.18. The van der Waals surface area contributed by atoms with E-state index in [9.17, 15) is 0 Å². The van der Waals surface area contributed by atoms with Crippen molar-refractivity contribution >= 4 is 6.21 Å². The van der Waals surface area contributed by atoms with E-state index in [-0.39, 0.29) is 0 Å². The third kappa shape index (κ3) is 1.97. The molecule has 0 saturated carbocycles. The Morgan fingerprint density at radius 1 is 1.33 bits per heavy atom. The Hall–Kier alpha value is -1.05. The lowest BCUT2D eigenvalue weighted by molar-refractivity contribution is 0.941. The Kier molecular flexibility index (Phi) is 3.09. The van der Waals surface area contributed by atoms with Crippen LogP contribution in [0.4, 0.5) is 0 Å². The number of aliphatic imine (C=N–C) groups is 1. The van der Waals surface area contributed by atoms with Crippen LogP contribution >= 0.6 is 0 Å². The molecule has 1 aliphatic rings. The van der Waals surface area contributed by atoms with E-state index in [1.807, 2.05) is 20.2 Å². The Labute approximate surface area is 74.1 Å². The van der Waals surface area contributed by atoms with Gasteiger partial charge in [0.1, 0.15) is 0 Å². The zero-order valence-electron chi connectivity index (χ0n) is 8.02. The van der Waals surface area contributed by atoms with Crippen molar-refractivity contribution in [2.24, 2.45) is 4.99 Å². The number of likely N-dealkylation sites (N-methyl/N-ethyl adjacent to an activating group) is 1. The normalized spacial score (nSPS) is 31.4. The van der Waals surface area contributed by atoms with Crippen LogP contribution in [-0.4, -0.2) is 13.3 Å². The van der Waals surface area contributed by atoms with Crippen LogP contribution in [0.1, 0.15) is 26.7 Å². The molecule has 0 aromatic heterocycles. The maximum atomic E-state index is 4.34. The fraction of sp³-hybridized carbons (Fsp3) is 0.500. The Morgan fingerprint density at radius 3 is 2.75 bits per heavy atom. The van der Waals surface area contributed by atoms with Gasteiger partial charge in [-0.1, -0.05) is 6.08 Å². The molecule has 12 heavy (non-hydrogen) atoms. The van der Waals surface area contributed by atoms with E-state index in [0.29, 0.717) is 0 Å². The molecule has 0 saturated heterocycles. The van der Waals surface area contributed by atoms with Crippen LogP contribution in [-0.2, 0) is 0 Å². The van der Waals surface area contributed by atoms with Gasteiger partial charge in [0, 0.05) is 24.7 Å². The van der Waals surface area contributed by atoms with Crippen LogP contribution < -0.4 is 5.32 Å². The molecular formula is C10H16N2. The largest absolute Gasteiger partial charge is 0.388 e. The summed E-state index contributed by atoms with van der Waals surface area (Å²) in [6, 6.07) is 0. The number of nitrogens with zero attached hydrogens (tertiary/aromatic N) is 1. The molecule has 0 unspecified atom stereocenters. The SMILES string of the molecule is CNC1=C/CC/C=N/C(C)=C\1C. The molecule has 0 amide bonds. The van der Waals surface area contributed by atoms with Crippen molar-refractivity contribution in [2.75, 3.05) is 7.05 Å². The number of nitrogens with one attached hydrogen (secondary N) is 1. The maximum Gasteiger partial charge on any atom is 0.0418 e. The van der Waals surface area contributed by atoms with Crippen molar-refractivity contribution in [1.29, 1.82) is 0 Å². The van der Waals surface area contributed by atoms with Gasteiger partial charge >= 0.3 is 0 Å². The van der Waals surface area contributed by atoms with Crippen LogP contribution in [0.3, 0.4) is 0 Å². The van der Waals surface area contributed by atoms with Gasteiger partial charge in [-0.15, -0.1) is 0 Å². The molecule has 0 aromatic rings. The van der Waals surface area contributed by atoms with Crippen LogP contribution in [0.25, 0.3) is 0 Å². The molecule has 0 aromatic carbocycles. The van der Waals surface area contributed by atoms with E-state index in [1.165, 1.54) is 11.3 Å². The molecule has 1 rings (SSSR count). The first-order valence-corrected chi connectivity index (χ1v) is 4.34. The minimum Gasteiger partial charge on any atom is -0.388 e. The van der Waals surface area contributed by atoms with Crippen LogP contribution in [0.15, 0.2) is 28.0 Å². The molecule has 1 aliphatic heterocycles. The molecule has 0 bridgehead atoms. The van der Waals surface area contributed by atoms with Crippen molar-refractivity contribution in [3.63, 3.8) is 0 Å². The molecular weight excluding hydrogens is 148 g/mol. The number of hydrogen-bond acceptors (Lipinski definition) is 2. The van der Waals surface area contributed by atoms with Crippen molar-refractivity contribution < 1.29 is 0 Å². The van der Waals surface area contributed by atoms with E-state index in [2.05, 4.69) is 23.3 Å². The van der Waals surface area contributed by atoms with Gasteiger partial charge < -0.3 is 5.32 Å². The van der Waals surface area contributed by atoms with Gasteiger partial charge in [0.25, 0.3) is 0 Å². The van der Waals surface area contributed by atoms with Crippen molar-refractivity contribution in [2.45, 2.75) is 26.7 Å². The van der Waals surface area contributed by atoms with Gasteiger partial charge in [-0.3, -0.25) is 4.99 Å². The smallest absolute Gasteiger partial charge is 0.0418 e. The fourth-order valence-electron chi connectivity index (χ4n) is 1.24. The molecule has 2 nitrogen and oxygen atoms in total. The molecule has 0 atom stereocenters. The van der Waals surface area contributed by atoms with E-state index >= 15 is 0 Å². The highest BCUT2D eigenvalue weighted by Gasteiger charge is 2.02. The zero-order chi connectivity index (χ0) is 8.97. The van der Waals surface area contributed by atoms with Crippen LogP contribution in [0.5, 0.6) is 0 Å². The molecule has 1 heterocycles. The fourth-order valence-corrected chi connectivity index (χ4v) is 1.24. The summed E-state index contributed by atoms with van der Waals surface area (Å²) >= 11 is 0. The summed E-state index contributed by atoms with van der Waals surface area (Å²) < 4.78 is 0. The maximum absolute atomic E-state index is 4.34. The van der Waals surface area contributed by atoms with Crippen molar-refractivity contribution in [1.82, 2.24) is 5.32 Å². The second-order valence-electron chi connectivity index (χ2n) is 2.97. The van der Waals surface area contributed by atoms with E-state index < -0.39 is 0 Å². The molecule has 1 N–H and O–H groups in total. The van der Waals surface area contributed by atoms with Gasteiger partial charge in [0.2, 0.25) is 0 Å². The van der Waals surface area contributed by atoms with Crippen molar-refractivity contribution in [3.05, 3.63) is 23.0 Å². The van der Waals surface area contributed by atoms with E-state index in [4.69, 9.17) is 0 Å². The summed E-state index contributed by atoms with van der Waals surface area (Å²) in [5.74, 6) is 0. The zero-order valence-corrected chi connectivity index (χ0v) is 8.02. The first kappa shape index (κ1) is 9.04. The van der Waals surface area contributed by atoms with Gasteiger partial charge in [-0.05, 0) is 32.3 Å². The lowest BCUT2D eigenvalue weighted by Gasteiger charge is -2.10. The molecule has 2 heteroatoms. The second-order valence-corrected chi connectivity index (χ2v) is 2.97. The van der Waals surface area contributed by atoms with Gasteiger partial charge in [0.05, 0.1) is 0 Å². The summed E-state index contributed by atoms with van der Waals surface area (Å²) in [4.78, 5) is 4.34. The number of rotatable bonds is 1. The number of allylic oxidation sites excluding steroid dienone is 3. The summed E-state index contributed by atoms with van der Waals surface area (Å²) in [6.45, 7) is 4.14. The summed E-state index contributed by atoms with van der Waals surface area (Å²) in [5.41, 5.74) is 3.56. The Balaban J connectivity index is 2.98. The second kappa shape index (κ2) is 4.10. The quantitative estimate of drug-likeness (QED) is 0.631. The summed E-state index contributed by atoms with van der Waals surface area (Å²) in [7, 11) is 1.95. The highest BCUT2D eigenvalue weighted by molar-refractivity contribution is 5.60. The lowest BCUT2D eigenvalue weighted by Crippen LogP contribution is -2.08. The third-order valence-electron chi connectivity index (χ3n) is 2.15. The van der Waals surface area contributed by atoms with E-state index in [1.54, 1.807) is 0 Å². The number of hydrogen-bond donors (Lipinski definition) is 1.